The standard InChI is InChI=1S/C22H23ClN2O3/c1-12-8-18(20(28-3)11-17(12)23)24-21(26)15-10-16(15)22(27)25-13(2)9-14-6-4-5-7-19(14)25/h4-8,11,13,15-16H,9-10H2,1-3H3,(H,24,26). The van der Waals surface area contributed by atoms with Gasteiger partial charge in [0.2, 0.25) is 11.8 Å². The predicted molar refractivity (Wildman–Crippen MR) is 110 cm³/mol. The number of benzene rings is 2. The van der Waals surface area contributed by atoms with Crippen molar-refractivity contribution in [2.24, 2.45) is 11.8 Å². The number of para-hydroxylation sites is 1. The Morgan fingerprint density at radius 2 is 1.96 bits per heavy atom. The van der Waals surface area contributed by atoms with Crippen LogP contribution in [-0.4, -0.2) is 25.0 Å². The average Bonchev–Trinajstić information content (AvgIpc) is 3.40. The van der Waals surface area contributed by atoms with Crippen molar-refractivity contribution in [3.8, 4) is 5.75 Å². The maximum Gasteiger partial charge on any atom is 0.231 e. The van der Waals surface area contributed by atoms with Gasteiger partial charge in [0, 0.05) is 22.8 Å². The fraction of sp³-hybridized carbons (Fsp3) is 0.364. The van der Waals surface area contributed by atoms with E-state index in [1.165, 1.54) is 12.7 Å². The zero-order valence-corrected chi connectivity index (χ0v) is 16.9. The number of aryl methyl sites for hydroxylation is 1. The molecule has 1 heterocycles. The first-order chi connectivity index (χ1) is 13.4. The monoisotopic (exact) mass is 398 g/mol. The van der Waals surface area contributed by atoms with E-state index in [2.05, 4.69) is 18.3 Å². The Bertz CT molecular complexity index is 959. The summed E-state index contributed by atoms with van der Waals surface area (Å²) in [7, 11) is 1.53. The molecule has 6 heteroatoms. The second kappa shape index (κ2) is 7.13. The van der Waals surface area contributed by atoms with Gasteiger partial charge in [-0.1, -0.05) is 29.8 Å². The van der Waals surface area contributed by atoms with Crippen LogP contribution >= 0.6 is 11.6 Å². The zero-order chi connectivity index (χ0) is 20.0. The van der Waals surface area contributed by atoms with Crippen molar-refractivity contribution in [3.05, 3.63) is 52.5 Å². The van der Waals surface area contributed by atoms with Gasteiger partial charge in [-0.05, 0) is 49.9 Å². The molecule has 4 rings (SSSR count). The molecule has 146 valence electrons. The average molecular weight is 399 g/mol. The summed E-state index contributed by atoms with van der Waals surface area (Å²) in [5, 5.41) is 3.48. The summed E-state index contributed by atoms with van der Waals surface area (Å²) < 4.78 is 5.32. The van der Waals surface area contributed by atoms with Crippen molar-refractivity contribution in [3.63, 3.8) is 0 Å². The van der Waals surface area contributed by atoms with Crippen LogP contribution in [0.5, 0.6) is 5.75 Å². The number of carbonyl (C=O) groups is 2. The molecule has 0 bridgehead atoms. The molecule has 2 aromatic carbocycles. The van der Waals surface area contributed by atoms with Crippen LogP contribution in [-0.2, 0) is 16.0 Å². The molecule has 3 unspecified atom stereocenters. The molecule has 2 amide bonds. The van der Waals surface area contributed by atoms with E-state index in [9.17, 15) is 9.59 Å². The van der Waals surface area contributed by atoms with Gasteiger partial charge >= 0.3 is 0 Å². The summed E-state index contributed by atoms with van der Waals surface area (Å²) >= 11 is 6.13. The van der Waals surface area contributed by atoms with Gasteiger partial charge in [0.15, 0.2) is 0 Å². The molecule has 0 radical (unpaired) electrons. The molecular weight excluding hydrogens is 376 g/mol. The van der Waals surface area contributed by atoms with Crippen LogP contribution in [0, 0.1) is 18.8 Å². The minimum Gasteiger partial charge on any atom is -0.495 e. The number of halogens is 1. The van der Waals surface area contributed by atoms with Crippen molar-refractivity contribution in [2.45, 2.75) is 32.7 Å². The molecule has 3 atom stereocenters. The Morgan fingerprint density at radius 1 is 1.21 bits per heavy atom. The lowest BCUT2D eigenvalue weighted by Crippen LogP contribution is -2.37. The van der Waals surface area contributed by atoms with E-state index >= 15 is 0 Å². The molecule has 1 aliphatic carbocycles. The molecular formula is C22H23ClN2O3. The van der Waals surface area contributed by atoms with Crippen LogP contribution in [0.15, 0.2) is 36.4 Å². The first-order valence-electron chi connectivity index (χ1n) is 9.46. The Morgan fingerprint density at radius 3 is 2.71 bits per heavy atom. The van der Waals surface area contributed by atoms with E-state index in [1.54, 1.807) is 12.1 Å². The lowest BCUT2D eigenvalue weighted by Gasteiger charge is -2.23. The van der Waals surface area contributed by atoms with Crippen LogP contribution in [0.2, 0.25) is 5.02 Å². The van der Waals surface area contributed by atoms with Gasteiger partial charge in [0.25, 0.3) is 0 Å². The predicted octanol–water partition coefficient (Wildman–Crippen LogP) is 4.21. The van der Waals surface area contributed by atoms with Gasteiger partial charge < -0.3 is 15.0 Å². The van der Waals surface area contributed by atoms with Gasteiger partial charge in [-0.3, -0.25) is 9.59 Å². The third-order valence-corrected chi connectivity index (χ3v) is 6.03. The molecule has 1 fully saturated rings. The third-order valence-electron chi connectivity index (χ3n) is 5.63. The molecule has 0 spiro atoms. The number of nitrogens with one attached hydrogen (secondary N) is 1. The normalized spacial score (nSPS) is 22.6. The molecule has 28 heavy (non-hydrogen) atoms. The van der Waals surface area contributed by atoms with Crippen LogP contribution in [0.1, 0.15) is 24.5 Å². The molecule has 1 saturated carbocycles. The number of fused-ring (bicyclic) bond motifs is 1. The van der Waals surface area contributed by atoms with Crippen LogP contribution in [0.25, 0.3) is 0 Å². The summed E-state index contributed by atoms with van der Waals surface area (Å²) in [4.78, 5) is 27.7. The Hall–Kier alpha value is -2.53. The van der Waals surface area contributed by atoms with E-state index in [1.807, 2.05) is 30.0 Å². The van der Waals surface area contributed by atoms with Crippen molar-refractivity contribution in [1.29, 1.82) is 0 Å². The molecule has 2 aromatic rings. The fourth-order valence-electron chi connectivity index (χ4n) is 3.99. The Kier molecular flexibility index (Phi) is 4.79. The summed E-state index contributed by atoms with van der Waals surface area (Å²) in [5.74, 6) is -0.189. The van der Waals surface area contributed by atoms with Gasteiger partial charge in [0.05, 0.1) is 24.6 Å². The molecule has 2 aliphatic rings. The Balaban J connectivity index is 1.47. The SMILES string of the molecule is COc1cc(Cl)c(C)cc1NC(=O)C1CC1C(=O)N1c2ccccc2CC1C. The highest BCUT2D eigenvalue weighted by molar-refractivity contribution is 6.31. The van der Waals surface area contributed by atoms with Crippen molar-refractivity contribution in [1.82, 2.24) is 0 Å². The highest BCUT2D eigenvalue weighted by atomic mass is 35.5. The largest absolute Gasteiger partial charge is 0.495 e. The highest BCUT2D eigenvalue weighted by Crippen LogP contribution is 2.44. The summed E-state index contributed by atoms with van der Waals surface area (Å²) in [5.41, 5.74) is 3.59. The molecule has 0 aromatic heterocycles. The van der Waals surface area contributed by atoms with Crippen LogP contribution in [0.4, 0.5) is 11.4 Å². The zero-order valence-electron chi connectivity index (χ0n) is 16.2. The number of ether oxygens (including phenoxy) is 1. The van der Waals surface area contributed by atoms with Gasteiger partial charge in [0.1, 0.15) is 5.75 Å². The molecule has 1 aliphatic heterocycles. The minimum atomic E-state index is -0.312. The van der Waals surface area contributed by atoms with Gasteiger partial charge in [-0.15, -0.1) is 0 Å². The van der Waals surface area contributed by atoms with E-state index in [4.69, 9.17) is 16.3 Å². The number of hydrogen-bond donors (Lipinski definition) is 1. The molecule has 1 N–H and O–H groups in total. The maximum atomic E-state index is 13.1. The first kappa shape index (κ1) is 18.8. The number of rotatable bonds is 4. The smallest absolute Gasteiger partial charge is 0.231 e. The number of methoxy groups -OCH3 is 1. The van der Waals surface area contributed by atoms with Gasteiger partial charge in [-0.2, -0.15) is 0 Å². The van der Waals surface area contributed by atoms with Crippen LogP contribution < -0.4 is 15.0 Å². The van der Waals surface area contributed by atoms with E-state index in [0.29, 0.717) is 22.9 Å². The lowest BCUT2D eigenvalue weighted by molar-refractivity contribution is -0.123. The fourth-order valence-corrected chi connectivity index (χ4v) is 4.15. The third kappa shape index (κ3) is 3.24. The highest BCUT2D eigenvalue weighted by Gasteiger charge is 2.51. The second-order valence-electron chi connectivity index (χ2n) is 7.63. The number of nitrogens with zero attached hydrogens (tertiary/aromatic N) is 1. The second-order valence-corrected chi connectivity index (χ2v) is 8.04. The Labute approximate surface area is 169 Å². The number of carbonyl (C=O) groups excluding carboxylic acids is 2. The topological polar surface area (TPSA) is 58.6 Å². The van der Waals surface area contributed by atoms with Crippen molar-refractivity contribution in [2.75, 3.05) is 17.3 Å². The number of hydrogen-bond acceptors (Lipinski definition) is 3. The van der Waals surface area contributed by atoms with Crippen molar-refractivity contribution >= 4 is 34.8 Å². The van der Waals surface area contributed by atoms with E-state index < -0.39 is 0 Å². The number of amides is 2. The first-order valence-corrected chi connectivity index (χ1v) is 9.84. The molecule has 5 nitrogen and oxygen atoms in total. The lowest BCUT2D eigenvalue weighted by atomic mass is 10.1. The summed E-state index contributed by atoms with van der Waals surface area (Å²) in [6.07, 6.45) is 1.43. The molecule has 0 saturated heterocycles. The van der Waals surface area contributed by atoms with Crippen LogP contribution in [0.3, 0.4) is 0 Å². The number of anilines is 2. The summed E-state index contributed by atoms with van der Waals surface area (Å²) in [6, 6.07) is 11.6. The van der Waals surface area contributed by atoms with E-state index in [-0.39, 0.29) is 29.7 Å². The van der Waals surface area contributed by atoms with Gasteiger partial charge in [-0.25, -0.2) is 0 Å². The maximum absolute atomic E-state index is 13.1. The summed E-state index contributed by atoms with van der Waals surface area (Å²) in [6.45, 7) is 3.92. The van der Waals surface area contributed by atoms with E-state index in [0.717, 1.165) is 17.7 Å². The van der Waals surface area contributed by atoms with Crippen molar-refractivity contribution < 1.29 is 14.3 Å². The minimum absolute atomic E-state index is 0.0388. The quantitative estimate of drug-likeness (QED) is 0.839.